The molecule has 0 saturated heterocycles. The first kappa shape index (κ1) is 13.0. The Hall–Kier alpha value is -0.0800. The molecule has 0 aromatic heterocycles. The summed E-state index contributed by atoms with van der Waals surface area (Å²) in [6.45, 7) is 2.47. The molecule has 1 aliphatic carbocycles. The van der Waals surface area contributed by atoms with Crippen LogP contribution in [0.5, 0.6) is 0 Å². The Bertz CT molecular complexity index is 151. The molecule has 1 N–H and O–H groups in total. The van der Waals surface area contributed by atoms with E-state index in [1.165, 1.54) is 44.9 Å². The minimum atomic E-state index is 0.344. The quantitative estimate of drug-likeness (QED) is 0.736. The molecule has 1 saturated carbocycles. The largest absolute Gasteiger partial charge is 0.396 e. The van der Waals surface area contributed by atoms with Crippen molar-refractivity contribution in [1.29, 1.82) is 0 Å². The SMILES string of the molecule is COC1CCC(CCCC(C)CO)CC1. The predicted octanol–water partition coefficient (Wildman–Crippen LogP) is 2.99. The van der Waals surface area contributed by atoms with E-state index in [0.717, 1.165) is 5.92 Å². The van der Waals surface area contributed by atoms with Gasteiger partial charge in [-0.1, -0.05) is 19.8 Å². The number of hydrogen-bond acceptors (Lipinski definition) is 2. The molecule has 0 radical (unpaired) electrons. The lowest BCUT2D eigenvalue weighted by atomic mass is 9.83. The van der Waals surface area contributed by atoms with Crippen LogP contribution in [-0.2, 0) is 4.74 Å². The molecule has 1 rings (SSSR count). The molecule has 90 valence electrons. The molecule has 0 heterocycles. The fourth-order valence-corrected chi connectivity index (χ4v) is 2.50. The molecule has 0 bridgehead atoms. The van der Waals surface area contributed by atoms with Gasteiger partial charge in [0, 0.05) is 13.7 Å². The molecule has 1 unspecified atom stereocenters. The van der Waals surface area contributed by atoms with Crippen LogP contribution in [-0.4, -0.2) is 24.9 Å². The van der Waals surface area contributed by atoms with Gasteiger partial charge in [0.05, 0.1) is 6.10 Å². The summed E-state index contributed by atoms with van der Waals surface area (Å²) < 4.78 is 5.37. The van der Waals surface area contributed by atoms with Crippen LogP contribution in [0.15, 0.2) is 0 Å². The van der Waals surface area contributed by atoms with E-state index in [2.05, 4.69) is 6.92 Å². The van der Waals surface area contributed by atoms with Crippen LogP contribution >= 0.6 is 0 Å². The van der Waals surface area contributed by atoms with E-state index in [1.807, 2.05) is 7.11 Å². The van der Waals surface area contributed by atoms with Crippen molar-refractivity contribution in [1.82, 2.24) is 0 Å². The van der Waals surface area contributed by atoms with Gasteiger partial charge in [0.15, 0.2) is 0 Å². The number of hydrogen-bond donors (Lipinski definition) is 1. The Morgan fingerprint density at radius 1 is 1.27 bits per heavy atom. The molecule has 0 aromatic carbocycles. The van der Waals surface area contributed by atoms with Crippen LogP contribution in [0.1, 0.15) is 51.9 Å². The maximum Gasteiger partial charge on any atom is 0.0571 e. The predicted molar refractivity (Wildman–Crippen MR) is 62.9 cm³/mol. The second-order valence-corrected chi connectivity index (χ2v) is 5.10. The van der Waals surface area contributed by atoms with Gasteiger partial charge in [-0.2, -0.15) is 0 Å². The van der Waals surface area contributed by atoms with Gasteiger partial charge in [-0.15, -0.1) is 0 Å². The van der Waals surface area contributed by atoms with Crippen LogP contribution in [0.25, 0.3) is 0 Å². The average Bonchev–Trinajstić information content (AvgIpc) is 2.29. The van der Waals surface area contributed by atoms with E-state index in [9.17, 15) is 0 Å². The Balaban J connectivity index is 2.03. The monoisotopic (exact) mass is 214 g/mol. The lowest BCUT2D eigenvalue weighted by Gasteiger charge is -2.27. The van der Waals surface area contributed by atoms with Crippen LogP contribution in [0.4, 0.5) is 0 Å². The van der Waals surface area contributed by atoms with Gasteiger partial charge in [0.2, 0.25) is 0 Å². The fraction of sp³-hybridized carbons (Fsp3) is 1.00. The van der Waals surface area contributed by atoms with Gasteiger partial charge in [0.25, 0.3) is 0 Å². The molecular weight excluding hydrogens is 188 g/mol. The summed E-state index contributed by atoms with van der Waals surface area (Å²) in [5, 5.41) is 8.92. The number of aliphatic hydroxyl groups is 1. The first-order valence-corrected chi connectivity index (χ1v) is 6.40. The first-order chi connectivity index (χ1) is 7.26. The van der Waals surface area contributed by atoms with Gasteiger partial charge in [-0.25, -0.2) is 0 Å². The van der Waals surface area contributed by atoms with Crippen LogP contribution in [0.2, 0.25) is 0 Å². The number of aliphatic hydroxyl groups excluding tert-OH is 1. The van der Waals surface area contributed by atoms with E-state index in [1.54, 1.807) is 0 Å². The Kier molecular flexibility index (Phi) is 6.26. The molecule has 1 aliphatic rings. The van der Waals surface area contributed by atoms with E-state index < -0.39 is 0 Å². The molecule has 1 fully saturated rings. The maximum absolute atomic E-state index is 8.92. The Morgan fingerprint density at radius 3 is 2.47 bits per heavy atom. The Morgan fingerprint density at radius 2 is 1.93 bits per heavy atom. The average molecular weight is 214 g/mol. The maximum atomic E-state index is 8.92. The van der Waals surface area contributed by atoms with Gasteiger partial charge in [0.1, 0.15) is 0 Å². The molecule has 0 spiro atoms. The highest BCUT2D eigenvalue weighted by molar-refractivity contribution is 4.72. The third-order valence-electron chi connectivity index (χ3n) is 3.75. The zero-order chi connectivity index (χ0) is 11.1. The van der Waals surface area contributed by atoms with Crippen molar-refractivity contribution in [3.8, 4) is 0 Å². The standard InChI is InChI=1S/C13H26O2/c1-11(10-14)4-3-5-12-6-8-13(15-2)9-7-12/h11-14H,3-10H2,1-2H3. The smallest absolute Gasteiger partial charge is 0.0571 e. The third-order valence-corrected chi connectivity index (χ3v) is 3.75. The number of ether oxygens (including phenoxy) is 1. The zero-order valence-corrected chi connectivity index (χ0v) is 10.2. The van der Waals surface area contributed by atoms with Crippen molar-refractivity contribution in [2.24, 2.45) is 11.8 Å². The summed E-state index contributed by atoms with van der Waals surface area (Å²) in [7, 11) is 1.83. The van der Waals surface area contributed by atoms with Gasteiger partial charge >= 0.3 is 0 Å². The summed E-state index contributed by atoms with van der Waals surface area (Å²) in [4.78, 5) is 0. The van der Waals surface area contributed by atoms with Crippen LogP contribution < -0.4 is 0 Å². The molecule has 2 nitrogen and oxygen atoms in total. The van der Waals surface area contributed by atoms with Crippen molar-refractivity contribution >= 4 is 0 Å². The topological polar surface area (TPSA) is 29.5 Å². The Labute approximate surface area is 94.0 Å². The second kappa shape index (κ2) is 7.24. The van der Waals surface area contributed by atoms with Crippen LogP contribution in [0.3, 0.4) is 0 Å². The van der Waals surface area contributed by atoms with Gasteiger partial charge in [-0.3, -0.25) is 0 Å². The van der Waals surface area contributed by atoms with E-state index in [0.29, 0.717) is 18.6 Å². The van der Waals surface area contributed by atoms with Gasteiger partial charge in [-0.05, 0) is 43.9 Å². The lowest BCUT2D eigenvalue weighted by molar-refractivity contribution is 0.0549. The third kappa shape index (κ3) is 4.98. The highest BCUT2D eigenvalue weighted by Crippen LogP contribution is 2.29. The van der Waals surface area contributed by atoms with Crippen molar-refractivity contribution in [2.45, 2.75) is 58.0 Å². The van der Waals surface area contributed by atoms with E-state index >= 15 is 0 Å². The fourth-order valence-electron chi connectivity index (χ4n) is 2.50. The van der Waals surface area contributed by atoms with Crippen molar-refractivity contribution in [3.63, 3.8) is 0 Å². The lowest BCUT2D eigenvalue weighted by Crippen LogP contribution is -2.20. The molecule has 0 aliphatic heterocycles. The highest BCUT2D eigenvalue weighted by Gasteiger charge is 2.20. The van der Waals surface area contributed by atoms with E-state index in [-0.39, 0.29) is 0 Å². The minimum absolute atomic E-state index is 0.344. The first-order valence-electron chi connectivity index (χ1n) is 6.40. The molecule has 1 atom stereocenters. The van der Waals surface area contributed by atoms with Crippen molar-refractivity contribution in [3.05, 3.63) is 0 Å². The number of rotatable bonds is 6. The second-order valence-electron chi connectivity index (χ2n) is 5.10. The molecule has 2 heteroatoms. The molecule has 15 heavy (non-hydrogen) atoms. The molecule has 0 aromatic rings. The van der Waals surface area contributed by atoms with Crippen LogP contribution in [0, 0.1) is 11.8 Å². The van der Waals surface area contributed by atoms with E-state index in [4.69, 9.17) is 9.84 Å². The summed E-state index contributed by atoms with van der Waals surface area (Å²) >= 11 is 0. The summed E-state index contributed by atoms with van der Waals surface area (Å²) in [6.07, 6.45) is 9.51. The normalized spacial score (nSPS) is 29.0. The molecule has 0 amide bonds. The summed E-state index contributed by atoms with van der Waals surface area (Å²) in [5.74, 6) is 1.41. The number of methoxy groups -OCH3 is 1. The van der Waals surface area contributed by atoms with Crippen molar-refractivity contribution < 1.29 is 9.84 Å². The minimum Gasteiger partial charge on any atom is -0.396 e. The zero-order valence-electron chi connectivity index (χ0n) is 10.2. The van der Waals surface area contributed by atoms with Gasteiger partial charge < -0.3 is 9.84 Å². The molecular formula is C13H26O2. The summed E-state index contributed by atoms with van der Waals surface area (Å²) in [6, 6.07) is 0. The summed E-state index contributed by atoms with van der Waals surface area (Å²) in [5.41, 5.74) is 0. The van der Waals surface area contributed by atoms with Crippen molar-refractivity contribution in [2.75, 3.05) is 13.7 Å². The highest BCUT2D eigenvalue weighted by atomic mass is 16.5.